The fourth-order valence-electron chi connectivity index (χ4n) is 2.06. The first-order valence-electron chi connectivity index (χ1n) is 7.03. The molecule has 0 aliphatic heterocycles. The third-order valence-electron chi connectivity index (χ3n) is 3.21. The molecule has 0 aliphatic rings. The van der Waals surface area contributed by atoms with Crippen LogP contribution >= 0.6 is 0 Å². The molecule has 0 saturated heterocycles. The van der Waals surface area contributed by atoms with E-state index in [0.717, 1.165) is 13.0 Å². The van der Waals surface area contributed by atoms with Gasteiger partial charge in [-0.25, -0.2) is 0 Å². The van der Waals surface area contributed by atoms with Crippen LogP contribution in [0.2, 0.25) is 0 Å². The molecule has 0 bridgehead atoms. The minimum Gasteiger partial charge on any atom is -0.385 e. The van der Waals surface area contributed by atoms with Crippen LogP contribution in [0.15, 0.2) is 18.2 Å². The highest BCUT2D eigenvalue weighted by molar-refractivity contribution is 5.77. The number of carbonyl (C=O) groups excluding carboxylic acids is 1. The Labute approximate surface area is 122 Å². The third kappa shape index (κ3) is 6.17. The lowest BCUT2D eigenvalue weighted by molar-refractivity contribution is -0.122. The predicted molar refractivity (Wildman–Crippen MR) is 81.8 cm³/mol. The molecule has 20 heavy (non-hydrogen) atoms. The van der Waals surface area contributed by atoms with E-state index in [4.69, 9.17) is 4.74 Å². The number of benzene rings is 1. The lowest BCUT2D eigenvalue weighted by Gasteiger charge is -2.18. The van der Waals surface area contributed by atoms with E-state index in [1.807, 2.05) is 11.9 Å². The van der Waals surface area contributed by atoms with Gasteiger partial charge in [-0.2, -0.15) is 0 Å². The summed E-state index contributed by atoms with van der Waals surface area (Å²) >= 11 is 0. The molecule has 1 aromatic carbocycles. The number of hydrogen-bond acceptors (Lipinski definition) is 3. The molecule has 0 aliphatic carbocycles. The van der Waals surface area contributed by atoms with Crippen molar-refractivity contribution in [2.24, 2.45) is 0 Å². The van der Waals surface area contributed by atoms with Crippen LogP contribution in [0.3, 0.4) is 0 Å². The highest BCUT2D eigenvalue weighted by Crippen LogP contribution is 2.12. The van der Waals surface area contributed by atoms with E-state index in [9.17, 15) is 4.79 Å². The summed E-state index contributed by atoms with van der Waals surface area (Å²) in [6.45, 7) is 6.75. The molecule has 0 spiro atoms. The molecular formula is C16H26N2O2. The lowest BCUT2D eigenvalue weighted by Crippen LogP contribution is -2.35. The highest BCUT2D eigenvalue weighted by atomic mass is 16.5. The standard InChI is InChI=1S/C16H26N2O2/c1-13-6-7-14(2)15(10-13)11-18(3)12-16(19)17-8-5-9-20-4/h6-7,10H,5,8-9,11-12H2,1-4H3,(H,17,19). The van der Waals surface area contributed by atoms with Crippen molar-refractivity contribution in [3.05, 3.63) is 34.9 Å². The lowest BCUT2D eigenvalue weighted by atomic mass is 10.1. The Balaban J connectivity index is 2.37. The van der Waals surface area contributed by atoms with Crippen molar-refractivity contribution in [3.8, 4) is 0 Å². The van der Waals surface area contributed by atoms with Crippen LogP contribution in [-0.4, -0.2) is 44.7 Å². The van der Waals surface area contributed by atoms with Crippen molar-refractivity contribution in [2.45, 2.75) is 26.8 Å². The van der Waals surface area contributed by atoms with Crippen molar-refractivity contribution in [2.75, 3.05) is 33.9 Å². The average molecular weight is 278 g/mol. The Bertz CT molecular complexity index is 432. The Morgan fingerprint density at radius 1 is 1.35 bits per heavy atom. The molecule has 0 heterocycles. The first-order chi connectivity index (χ1) is 9.52. The van der Waals surface area contributed by atoms with Gasteiger partial charge in [0.1, 0.15) is 0 Å². The summed E-state index contributed by atoms with van der Waals surface area (Å²) in [6, 6.07) is 6.42. The molecule has 1 amide bonds. The molecular weight excluding hydrogens is 252 g/mol. The van der Waals surface area contributed by atoms with E-state index < -0.39 is 0 Å². The van der Waals surface area contributed by atoms with E-state index >= 15 is 0 Å². The fourth-order valence-corrected chi connectivity index (χ4v) is 2.06. The highest BCUT2D eigenvalue weighted by Gasteiger charge is 2.08. The second-order valence-electron chi connectivity index (χ2n) is 5.30. The SMILES string of the molecule is COCCCNC(=O)CN(C)Cc1cc(C)ccc1C. The number of ether oxygens (including phenoxy) is 1. The molecule has 0 aromatic heterocycles. The molecule has 4 heteroatoms. The molecule has 112 valence electrons. The smallest absolute Gasteiger partial charge is 0.234 e. The number of aryl methyl sites for hydroxylation is 2. The van der Waals surface area contributed by atoms with Crippen LogP contribution in [0.25, 0.3) is 0 Å². The van der Waals surface area contributed by atoms with Crippen molar-refractivity contribution < 1.29 is 9.53 Å². The van der Waals surface area contributed by atoms with E-state index in [-0.39, 0.29) is 5.91 Å². The zero-order chi connectivity index (χ0) is 15.0. The van der Waals surface area contributed by atoms with Gasteiger partial charge in [-0.15, -0.1) is 0 Å². The second-order valence-corrected chi connectivity index (χ2v) is 5.30. The third-order valence-corrected chi connectivity index (χ3v) is 3.21. The molecule has 0 unspecified atom stereocenters. The van der Waals surface area contributed by atoms with Gasteiger partial charge in [-0.3, -0.25) is 9.69 Å². The van der Waals surface area contributed by atoms with Gasteiger partial charge < -0.3 is 10.1 Å². The maximum Gasteiger partial charge on any atom is 0.234 e. The van der Waals surface area contributed by atoms with Crippen LogP contribution in [0.5, 0.6) is 0 Å². The minimum atomic E-state index is 0.0638. The molecule has 1 rings (SSSR count). The number of carbonyl (C=O) groups is 1. The summed E-state index contributed by atoms with van der Waals surface area (Å²) < 4.78 is 4.95. The molecule has 1 aromatic rings. The Morgan fingerprint density at radius 2 is 2.10 bits per heavy atom. The Kier molecular flexibility index (Phi) is 7.26. The number of hydrogen-bond donors (Lipinski definition) is 1. The molecule has 0 saturated carbocycles. The van der Waals surface area contributed by atoms with Crippen LogP contribution in [0, 0.1) is 13.8 Å². The summed E-state index contributed by atoms with van der Waals surface area (Å²) in [6.07, 6.45) is 0.850. The average Bonchev–Trinajstić information content (AvgIpc) is 2.39. The fraction of sp³-hybridized carbons (Fsp3) is 0.562. The topological polar surface area (TPSA) is 41.6 Å². The van der Waals surface area contributed by atoms with E-state index in [1.165, 1.54) is 16.7 Å². The van der Waals surface area contributed by atoms with Gasteiger partial charge in [0, 0.05) is 26.8 Å². The molecule has 1 N–H and O–H groups in total. The monoisotopic (exact) mass is 278 g/mol. The van der Waals surface area contributed by atoms with Gasteiger partial charge in [0.2, 0.25) is 5.91 Å². The zero-order valence-corrected chi connectivity index (χ0v) is 13.0. The summed E-state index contributed by atoms with van der Waals surface area (Å²) in [5, 5.41) is 2.90. The van der Waals surface area contributed by atoms with Gasteiger partial charge in [-0.1, -0.05) is 23.8 Å². The van der Waals surface area contributed by atoms with Crippen molar-refractivity contribution >= 4 is 5.91 Å². The van der Waals surface area contributed by atoms with E-state index in [2.05, 4.69) is 37.4 Å². The molecule has 0 atom stereocenters. The van der Waals surface area contributed by atoms with Gasteiger partial charge in [-0.05, 0) is 38.4 Å². The zero-order valence-electron chi connectivity index (χ0n) is 13.0. The predicted octanol–water partition coefficient (Wildman–Crippen LogP) is 1.89. The van der Waals surface area contributed by atoms with Crippen LogP contribution in [0.1, 0.15) is 23.1 Å². The number of methoxy groups -OCH3 is 1. The summed E-state index contributed by atoms with van der Waals surface area (Å²) in [5.74, 6) is 0.0638. The normalized spacial score (nSPS) is 10.8. The summed E-state index contributed by atoms with van der Waals surface area (Å²) in [5.41, 5.74) is 3.80. The first kappa shape index (κ1) is 16.7. The summed E-state index contributed by atoms with van der Waals surface area (Å²) in [7, 11) is 3.64. The van der Waals surface area contributed by atoms with Gasteiger partial charge in [0.15, 0.2) is 0 Å². The number of rotatable bonds is 8. The Morgan fingerprint density at radius 3 is 2.80 bits per heavy atom. The van der Waals surface area contributed by atoms with Crippen LogP contribution in [-0.2, 0) is 16.1 Å². The summed E-state index contributed by atoms with van der Waals surface area (Å²) in [4.78, 5) is 13.8. The van der Waals surface area contributed by atoms with Gasteiger partial charge in [0.25, 0.3) is 0 Å². The van der Waals surface area contributed by atoms with Crippen molar-refractivity contribution in [1.82, 2.24) is 10.2 Å². The Hall–Kier alpha value is -1.39. The molecule has 4 nitrogen and oxygen atoms in total. The number of amides is 1. The molecule has 0 fully saturated rings. The number of nitrogens with one attached hydrogen (secondary N) is 1. The van der Waals surface area contributed by atoms with Crippen LogP contribution < -0.4 is 5.32 Å². The molecule has 0 radical (unpaired) electrons. The maximum absolute atomic E-state index is 11.8. The maximum atomic E-state index is 11.8. The van der Waals surface area contributed by atoms with Gasteiger partial charge in [0.05, 0.1) is 6.54 Å². The van der Waals surface area contributed by atoms with E-state index in [0.29, 0.717) is 19.7 Å². The van der Waals surface area contributed by atoms with E-state index in [1.54, 1.807) is 7.11 Å². The van der Waals surface area contributed by atoms with Gasteiger partial charge >= 0.3 is 0 Å². The number of likely N-dealkylation sites (N-methyl/N-ethyl adjacent to an activating group) is 1. The van der Waals surface area contributed by atoms with Crippen molar-refractivity contribution in [1.29, 1.82) is 0 Å². The number of nitrogens with zero attached hydrogens (tertiary/aromatic N) is 1. The van der Waals surface area contributed by atoms with Crippen LogP contribution in [0.4, 0.5) is 0 Å². The second kappa shape index (κ2) is 8.72. The quantitative estimate of drug-likeness (QED) is 0.738. The largest absolute Gasteiger partial charge is 0.385 e. The minimum absolute atomic E-state index is 0.0638. The van der Waals surface area contributed by atoms with Crippen molar-refractivity contribution in [3.63, 3.8) is 0 Å². The first-order valence-corrected chi connectivity index (χ1v) is 7.03.